The molecule has 2 aromatic carbocycles. The second-order valence-electron chi connectivity index (χ2n) is 4.61. The number of benzene rings is 2. The summed E-state index contributed by atoms with van der Waals surface area (Å²) < 4.78 is 5.07. The van der Waals surface area contributed by atoms with Crippen LogP contribution in [-0.2, 0) is 4.79 Å². The van der Waals surface area contributed by atoms with Crippen molar-refractivity contribution in [3.8, 4) is 5.75 Å². The Bertz CT molecular complexity index is 627. The SMILES string of the molecule is COc1ccc(NC(=O)CSc2cc(C)ccc2N)cc1. The molecule has 0 aliphatic heterocycles. The molecule has 0 saturated carbocycles. The third-order valence-corrected chi connectivity index (χ3v) is 3.97. The Labute approximate surface area is 128 Å². The van der Waals surface area contributed by atoms with Crippen LogP contribution < -0.4 is 15.8 Å². The maximum atomic E-state index is 11.9. The summed E-state index contributed by atoms with van der Waals surface area (Å²) in [6.45, 7) is 2.00. The van der Waals surface area contributed by atoms with E-state index in [9.17, 15) is 4.79 Å². The summed E-state index contributed by atoms with van der Waals surface area (Å²) in [6, 6.07) is 13.0. The lowest BCUT2D eigenvalue weighted by molar-refractivity contribution is -0.113. The highest BCUT2D eigenvalue weighted by Crippen LogP contribution is 2.26. The largest absolute Gasteiger partial charge is 0.497 e. The maximum absolute atomic E-state index is 11.9. The van der Waals surface area contributed by atoms with Gasteiger partial charge in [0.15, 0.2) is 0 Å². The molecule has 0 aromatic heterocycles. The molecule has 1 amide bonds. The first-order chi connectivity index (χ1) is 10.1. The van der Waals surface area contributed by atoms with Crippen LogP contribution in [0.5, 0.6) is 5.75 Å². The highest BCUT2D eigenvalue weighted by Gasteiger charge is 2.06. The van der Waals surface area contributed by atoms with Crippen molar-refractivity contribution < 1.29 is 9.53 Å². The fourth-order valence-electron chi connectivity index (χ4n) is 1.78. The fourth-order valence-corrected chi connectivity index (χ4v) is 2.64. The fraction of sp³-hybridized carbons (Fsp3) is 0.188. The van der Waals surface area contributed by atoms with Crippen LogP contribution >= 0.6 is 11.8 Å². The van der Waals surface area contributed by atoms with Gasteiger partial charge in [0.2, 0.25) is 5.91 Å². The number of rotatable bonds is 5. The van der Waals surface area contributed by atoms with Gasteiger partial charge in [-0.1, -0.05) is 6.07 Å². The van der Waals surface area contributed by atoms with E-state index in [-0.39, 0.29) is 5.91 Å². The molecular weight excluding hydrogens is 284 g/mol. The van der Waals surface area contributed by atoms with Crippen LogP contribution in [0.25, 0.3) is 0 Å². The molecular formula is C16H18N2O2S. The maximum Gasteiger partial charge on any atom is 0.234 e. The van der Waals surface area contributed by atoms with E-state index >= 15 is 0 Å². The van der Waals surface area contributed by atoms with Crippen LogP contribution in [0, 0.1) is 6.92 Å². The first-order valence-corrected chi connectivity index (χ1v) is 7.50. The number of hydrogen-bond donors (Lipinski definition) is 2. The number of ether oxygens (including phenoxy) is 1. The van der Waals surface area contributed by atoms with E-state index < -0.39 is 0 Å². The van der Waals surface area contributed by atoms with Gasteiger partial charge in [0, 0.05) is 16.3 Å². The highest BCUT2D eigenvalue weighted by atomic mass is 32.2. The minimum atomic E-state index is -0.0638. The molecule has 0 saturated heterocycles. The van der Waals surface area contributed by atoms with Gasteiger partial charge in [0.25, 0.3) is 0 Å². The van der Waals surface area contributed by atoms with E-state index in [4.69, 9.17) is 10.5 Å². The number of nitrogens with two attached hydrogens (primary N) is 1. The Hall–Kier alpha value is -2.14. The van der Waals surface area contributed by atoms with Crippen molar-refractivity contribution in [1.29, 1.82) is 0 Å². The Morgan fingerprint density at radius 3 is 2.62 bits per heavy atom. The van der Waals surface area contributed by atoms with Crippen LogP contribution in [0.4, 0.5) is 11.4 Å². The molecule has 0 aliphatic carbocycles. The molecule has 0 atom stereocenters. The van der Waals surface area contributed by atoms with Gasteiger partial charge >= 0.3 is 0 Å². The standard InChI is InChI=1S/C16H18N2O2S/c1-11-3-8-14(17)15(9-11)21-10-16(19)18-12-4-6-13(20-2)7-5-12/h3-9H,10,17H2,1-2H3,(H,18,19). The van der Waals surface area contributed by atoms with Crippen LogP contribution in [0.1, 0.15) is 5.56 Å². The Kier molecular flexibility index (Phi) is 5.11. The number of anilines is 2. The molecule has 0 unspecified atom stereocenters. The number of methoxy groups -OCH3 is 1. The number of hydrogen-bond acceptors (Lipinski definition) is 4. The molecule has 0 bridgehead atoms. The molecule has 3 N–H and O–H groups in total. The quantitative estimate of drug-likeness (QED) is 0.657. The van der Waals surface area contributed by atoms with Crippen molar-refractivity contribution in [3.63, 3.8) is 0 Å². The number of amides is 1. The average Bonchev–Trinajstić information content (AvgIpc) is 2.49. The molecule has 4 nitrogen and oxygen atoms in total. The van der Waals surface area contributed by atoms with Crippen LogP contribution in [0.15, 0.2) is 47.4 Å². The average molecular weight is 302 g/mol. The minimum Gasteiger partial charge on any atom is -0.497 e. The third-order valence-electron chi connectivity index (χ3n) is 2.90. The predicted octanol–water partition coefficient (Wildman–Crippen LogP) is 3.32. The van der Waals surface area contributed by atoms with Gasteiger partial charge in [0.05, 0.1) is 12.9 Å². The van der Waals surface area contributed by atoms with Crippen LogP contribution in [0.2, 0.25) is 0 Å². The van der Waals surface area contributed by atoms with Gasteiger partial charge in [-0.25, -0.2) is 0 Å². The highest BCUT2D eigenvalue weighted by molar-refractivity contribution is 8.00. The lowest BCUT2D eigenvalue weighted by Crippen LogP contribution is -2.14. The second kappa shape index (κ2) is 7.04. The summed E-state index contributed by atoms with van der Waals surface area (Å²) in [6.07, 6.45) is 0. The third kappa shape index (κ3) is 4.43. The molecule has 0 aliphatic rings. The lowest BCUT2D eigenvalue weighted by atomic mass is 10.2. The zero-order valence-corrected chi connectivity index (χ0v) is 12.9. The summed E-state index contributed by atoms with van der Waals surface area (Å²) in [4.78, 5) is 12.9. The topological polar surface area (TPSA) is 64.3 Å². The van der Waals surface area contributed by atoms with E-state index in [2.05, 4.69) is 5.32 Å². The molecule has 21 heavy (non-hydrogen) atoms. The van der Waals surface area contributed by atoms with Gasteiger partial charge in [-0.15, -0.1) is 11.8 Å². The lowest BCUT2D eigenvalue weighted by Gasteiger charge is -2.08. The minimum absolute atomic E-state index is 0.0638. The number of nitrogen functional groups attached to an aromatic ring is 1. The van der Waals surface area contributed by atoms with E-state index in [1.165, 1.54) is 11.8 Å². The van der Waals surface area contributed by atoms with Crippen molar-refractivity contribution in [2.45, 2.75) is 11.8 Å². The second-order valence-corrected chi connectivity index (χ2v) is 5.62. The first-order valence-electron chi connectivity index (χ1n) is 6.51. The van der Waals surface area contributed by atoms with Crippen molar-refractivity contribution in [2.75, 3.05) is 23.9 Å². The van der Waals surface area contributed by atoms with Gasteiger partial charge in [-0.3, -0.25) is 4.79 Å². The zero-order valence-electron chi connectivity index (χ0n) is 12.1. The number of carbonyl (C=O) groups is 1. The number of carbonyl (C=O) groups excluding carboxylic acids is 1. The van der Waals surface area contributed by atoms with Gasteiger partial charge < -0.3 is 15.8 Å². The molecule has 2 rings (SSSR count). The Morgan fingerprint density at radius 2 is 1.95 bits per heavy atom. The van der Waals surface area contributed by atoms with Crippen molar-refractivity contribution in [1.82, 2.24) is 0 Å². The van der Waals surface area contributed by atoms with Crippen molar-refractivity contribution in [3.05, 3.63) is 48.0 Å². The van der Waals surface area contributed by atoms with Crippen molar-refractivity contribution in [2.24, 2.45) is 0 Å². The molecule has 2 aromatic rings. The number of aryl methyl sites for hydroxylation is 1. The van der Waals surface area contributed by atoms with Gasteiger partial charge in [-0.2, -0.15) is 0 Å². The molecule has 0 fully saturated rings. The summed E-state index contributed by atoms with van der Waals surface area (Å²) in [5.41, 5.74) is 8.47. The van der Waals surface area contributed by atoms with E-state index in [1.807, 2.05) is 37.3 Å². The van der Waals surface area contributed by atoms with E-state index in [0.717, 1.165) is 21.9 Å². The summed E-state index contributed by atoms with van der Waals surface area (Å²) in [5, 5.41) is 2.84. The van der Waals surface area contributed by atoms with Gasteiger partial charge in [-0.05, 0) is 48.9 Å². The van der Waals surface area contributed by atoms with Crippen molar-refractivity contribution >= 4 is 29.0 Å². The van der Waals surface area contributed by atoms with E-state index in [0.29, 0.717) is 11.4 Å². The Morgan fingerprint density at radius 1 is 1.24 bits per heavy atom. The summed E-state index contributed by atoms with van der Waals surface area (Å²) in [5.74, 6) is 1.01. The van der Waals surface area contributed by atoms with E-state index in [1.54, 1.807) is 19.2 Å². The predicted molar refractivity (Wildman–Crippen MR) is 87.9 cm³/mol. The molecule has 110 valence electrons. The molecule has 0 spiro atoms. The summed E-state index contributed by atoms with van der Waals surface area (Å²) in [7, 11) is 1.61. The van der Waals surface area contributed by atoms with Crippen LogP contribution in [0.3, 0.4) is 0 Å². The van der Waals surface area contributed by atoms with Gasteiger partial charge in [0.1, 0.15) is 5.75 Å². The zero-order chi connectivity index (χ0) is 15.2. The number of nitrogens with one attached hydrogen (secondary N) is 1. The summed E-state index contributed by atoms with van der Waals surface area (Å²) >= 11 is 1.43. The van der Waals surface area contributed by atoms with Crippen LogP contribution in [-0.4, -0.2) is 18.8 Å². The smallest absolute Gasteiger partial charge is 0.234 e. The Balaban J connectivity index is 1.91. The first kappa shape index (κ1) is 15.3. The number of thioether (sulfide) groups is 1. The monoisotopic (exact) mass is 302 g/mol. The molecule has 5 heteroatoms. The molecule has 0 radical (unpaired) electrons. The molecule has 0 heterocycles. The normalized spacial score (nSPS) is 10.2.